The summed E-state index contributed by atoms with van der Waals surface area (Å²) in [6.07, 6.45) is 4.98. The molecule has 1 aromatic heterocycles. The second-order valence-electron chi connectivity index (χ2n) is 5.24. The Hall–Kier alpha value is -1.82. The number of pyridine rings is 1. The van der Waals surface area contributed by atoms with Gasteiger partial charge in [0.25, 0.3) is 0 Å². The number of amides is 2. The van der Waals surface area contributed by atoms with Crippen LogP contribution in [-0.4, -0.2) is 53.8 Å². The highest BCUT2D eigenvalue weighted by Crippen LogP contribution is 2.19. The summed E-state index contributed by atoms with van der Waals surface area (Å²) in [7, 11) is 0. The number of hydrogen-bond acceptors (Lipinski definition) is 4. The average molecular weight is 292 g/mol. The van der Waals surface area contributed by atoms with Crippen molar-refractivity contribution in [2.24, 2.45) is 0 Å². The molecule has 0 aromatic carbocycles. The van der Waals surface area contributed by atoms with Gasteiger partial charge >= 0.3 is 6.03 Å². The Morgan fingerprint density at radius 2 is 2.14 bits per heavy atom. The summed E-state index contributed by atoms with van der Waals surface area (Å²) in [4.78, 5) is 20.4. The van der Waals surface area contributed by atoms with Crippen molar-refractivity contribution >= 4 is 17.5 Å². The first-order valence-corrected chi connectivity index (χ1v) is 7.62. The molecule has 1 aromatic rings. The Morgan fingerprint density at radius 3 is 2.71 bits per heavy atom. The Bertz CT molecular complexity index is 437. The number of anilines is 2. The van der Waals surface area contributed by atoms with Gasteiger partial charge in [-0.15, -0.1) is 0 Å². The number of nitrogens with zero attached hydrogens (tertiary/aromatic N) is 3. The molecule has 0 bridgehead atoms. The lowest BCUT2D eigenvalue weighted by Gasteiger charge is -2.21. The van der Waals surface area contributed by atoms with Gasteiger partial charge in [-0.3, -0.25) is 0 Å². The third-order valence-corrected chi connectivity index (χ3v) is 3.58. The summed E-state index contributed by atoms with van der Waals surface area (Å²) in [6, 6.07) is 3.63. The van der Waals surface area contributed by atoms with Gasteiger partial charge in [0.1, 0.15) is 5.82 Å². The fourth-order valence-corrected chi connectivity index (χ4v) is 2.50. The van der Waals surface area contributed by atoms with E-state index >= 15 is 0 Å². The molecular formula is C15H24N4O2. The molecule has 0 aliphatic carbocycles. The van der Waals surface area contributed by atoms with Crippen molar-refractivity contribution < 1.29 is 9.90 Å². The third-order valence-electron chi connectivity index (χ3n) is 3.58. The SMILES string of the molecule is CCCN(CCO)C(=O)Nc1ccc(N2CCCC2)nc1. The van der Waals surface area contributed by atoms with Crippen LogP contribution in [0.15, 0.2) is 18.3 Å². The lowest BCUT2D eigenvalue weighted by Crippen LogP contribution is -2.37. The first-order valence-electron chi connectivity index (χ1n) is 7.62. The molecule has 116 valence electrons. The van der Waals surface area contributed by atoms with E-state index in [1.807, 2.05) is 19.1 Å². The van der Waals surface area contributed by atoms with Gasteiger partial charge in [-0.05, 0) is 31.4 Å². The standard InChI is InChI=1S/C15H24N4O2/c1-2-7-19(10-11-20)15(21)17-13-5-6-14(16-12-13)18-8-3-4-9-18/h5-6,12,20H,2-4,7-11H2,1H3,(H,17,21). The van der Waals surface area contributed by atoms with Gasteiger partial charge in [0.2, 0.25) is 0 Å². The van der Waals surface area contributed by atoms with Crippen LogP contribution in [0.1, 0.15) is 26.2 Å². The zero-order valence-corrected chi connectivity index (χ0v) is 12.6. The monoisotopic (exact) mass is 292 g/mol. The smallest absolute Gasteiger partial charge is 0.321 e. The van der Waals surface area contributed by atoms with Crippen LogP contribution in [-0.2, 0) is 0 Å². The first kappa shape index (κ1) is 15.6. The summed E-state index contributed by atoms with van der Waals surface area (Å²) < 4.78 is 0. The molecular weight excluding hydrogens is 268 g/mol. The Kier molecular flexibility index (Phi) is 5.80. The summed E-state index contributed by atoms with van der Waals surface area (Å²) in [6.45, 7) is 5.06. The van der Waals surface area contributed by atoms with E-state index in [0.717, 1.165) is 25.3 Å². The van der Waals surface area contributed by atoms with Crippen LogP contribution in [0.4, 0.5) is 16.3 Å². The van der Waals surface area contributed by atoms with Crippen molar-refractivity contribution in [3.63, 3.8) is 0 Å². The minimum Gasteiger partial charge on any atom is -0.395 e. The van der Waals surface area contributed by atoms with Gasteiger partial charge in [0, 0.05) is 26.2 Å². The highest BCUT2D eigenvalue weighted by atomic mass is 16.3. The fraction of sp³-hybridized carbons (Fsp3) is 0.600. The summed E-state index contributed by atoms with van der Waals surface area (Å²) in [5, 5.41) is 11.8. The number of aliphatic hydroxyl groups is 1. The van der Waals surface area contributed by atoms with Gasteiger partial charge in [-0.1, -0.05) is 6.92 Å². The van der Waals surface area contributed by atoms with Crippen LogP contribution in [0, 0.1) is 0 Å². The second kappa shape index (κ2) is 7.83. The molecule has 0 unspecified atom stereocenters. The van der Waals surface area contributed by atoms with Gasteiger partial charge in [-0.2, -0.15) is 0 Å². The quantitative estimate of drug-likeness (QED) is 0.840. The van der Waals surface area contributed by atoms with Gasteiger partial charge in [-0.25, -0.2) is 9.78 Å². The average Bonchev–Trinajstić information content (AvgIpc) is 3.02. The van der Waals surface area contributed by atoms with E-state index in [4.69, 9.17) is 5.11 Å². The van der Waals surface area contributed by atoms with E-state index in [1.165, 1.54) is 12.8 Å². The van der Waals surface area contributed by atoms with Crippen molar-refractivity contribution in [1.82, 2.24) is 9.88 Å². The number of urea groups is 1. The van der Waals surface area contributed by atoms with E-state index < -0.39 is 0 Å². The maximum absolute atomic E-state index is 12.1. The minimum atomic E-state index is -0.193. The Labute approximate surface area is 125 Å². The number of hydrogen-bond donors (Lipinski definition) is 2. The molecule has 1 aliphatic rings. The topological polar surface area (TPSA) is 68.7 Å². The maximum atomic E-state index is 12.1. The van der Waals surface area contributed by atoms with Crippen molar-refractivity contribution in [1.29, 1.82) is 0 Å². The first-order chi connectivity index (χ1) is 10.2. The Balaban J connectivity index is 1.93. The Morgan fingerprint density at radius 1 is 1.38 bits per heavy atom. The van der Waals surface area contributed by atoms with Crippen molar-refractivity contribution in [3.8, 4) is 0 Å². The number of carbonyl (C=O) groups is 1. The van der Waals surface area contributed by atoms with Crippen molar-refractivity contribution in [2.75, 3.05) is 43.0 Å². The van der Waals surface area contributed by atoms with Gasteiger partial charge in [0.05, 0.1) is 18.5 Å². The summed E-state index contributed by atoms with van der Waals surface area (Å²) in [5.41, 5.74) is 0.682. The number of aromatic nitrogens is 1. The van der Waals surface area contributed by atoms with E-state index in [1.54, 1.807) is 11.1 Å². The molecule has 0 atom stereocenters. The fourth-order valence-electron chi connectivity index (χ4n) is 2.50. The van der Waals surface area contributed by atoms with Crippen LogP contribution in [0.5, 0.6) is 0 Å². The highest BCUT2D eigenvalue weighted by Gasteiger charge is 2.15. The zero-order chi connectivity index (χ0) is 15.1. The lowest BCUT2D eigenvalue weighted by molar-refractivity contribution is 0.188. The van der Waals surface area contributed by atoms with E-state index in [-0.39, 0.29) is 12.6 Å². The number of aliphatic hydroxyl groups excluding tert-OH is 1. The number of rotatable bonds is 6. The molecule has 6 heteroatoms. The second-order valence-corrected chi connectivity index (χ2v) is 5.24. The number of nitrogens with one attached hydrogen (secondary N) is 1. The molecule has 2 heterocycles. The van der Waals surface area contributed by atoms with Gasteiger partial charge < -0.3 is 20.2 Å². The van der Waals surface area contributed by atoms with Crippen LogP contribution in [0.25, 0.3) is 0 Å². The molecule has 21 heavy (non-hydrogen) atoms. The van der Waals surface area contributed by atoms with Crippen molar-refractivity contribution in [2.45, 2.75) is 26.2 Å². The maximum Gasteiger partial charge on any atom is 0.321 e. The molecule has 0 spiro atoms. The van der Waals surface area contributed by atoms with E-state index in [2.05, 4.69) is 15.2 Å². The minimum absolute atomic E-state index is 0.0282. The van der Waals surface area contributed by atoms with Crippen LogP contribution >= 0.6 is 0 Å². The molecule has 1 fully saturated rings. The summed E-state index contributed by atoms with van der Waals surface area (Å²) >= 11 is 0. The highest BCUT2D eigenvalue weighted by molar-refractivity contribution is 5.89. The van der Waals surface area contributed by atoms with Crippen LogP contribution in [0.2, 0.25) is 0 Å². The molecule has 1 aliphatic heterocycles. The predicted molar refractivity (Wildman–Crippen MR) is 83.7 cm³/mol. The molecule has 0 saturated carbocycles. The summed E-state index contributed by atoms with van der Waals surface area (Å²) in [5.74, 6) is 0.964. The van der Waals surface area contributed by atoms with Crippen LogP contribution in [0.3, 0.4) is 0 Å². The molecule has 2 N–H and O–H groups in total. The predicted octanol–water partition coefficient (Wildman–Crippen LogP) is 1.92. The largest absolute Gasteiger partial charge is 0.395 e. The number of carbonyl (C=O) groups excluding carboxylic acids is 1. The zero-order valence-electron chi connectivity index (χ0n) is 12.6. The van der Waals surface area contributed by atoms with E-state index in [0.29, 0.717) is 18.8 Å². The van der Waals surface area contributed by atoms with Gasteiger partial charge in [0.15, 0.2) is 0 Å². The lowest BCUT2D eigenvalue weighted by atomic mass is 10.3. The van der Waals surface area contributed by atoms with E-state index in [9.17, 15) is 4.79 Å². The van der Waals surface area contributed by atoms with Crippen LogP contribution < -0.4 is 10.2 Å². The molecule has 0 radical (unpaired) electrons. The molecule has 1 saturated heterocycles. The third kappa shape index (κ3) is 4.32. The molecule has 6 nitrogen and oxygen atoms in total. The normalized spacial score (nSPS) is 14.3. The van der Waals surface area contributed by atoms with Crippen molar-refractivity contribution in [3.05, 3.63) is 18.3 Å². The molecule has 2 amide bonds. The molecule has 2 rings (SSSR count).